The van der Waals surface area contributed by atoms with E-state index in [-0.39, 0.29) is 29.7 Å². The molecule has 212 valence electrons. The van der Waals surface area contributed by atoms with Gasteiger partial charge in [0.2, 0.25) is 11.8 Å². The van der Waals surface area contributed by atoms with Crippen LogP contribution in [0.25, 0.3) is 0 Å². The Morgan fingerprint density at radius 2 is 1.71 bits per heavy atom. The maximum atomic E-state index is 13.6. The highest BCUT2D eigenvalue weighted by Gasteiger charge is 2.25. The number of benzene rings is 1. The van der Waals surface area contributed by atoms with E-state index in [4.69, 9.17) is 18.6 Å². The number of furan rings is 1. The monoisotopic (exact) mass is 530 g/mol. The standard InChI is InChI=1S/C30H46N2O6/c1-23(20-30(2,3)4)18-28(33)31(14-9-16-35-5)22-29(34)32(21-25-10-8-17-38-25)15-13-24-11-12-26(36-6)27(19-24)37-7/h8,10-12,17,19,23H,9,13-16,18,20-22H2,1-7H3/t23-/m1/s1. The van der Waals surface area contributed by atoms with Gasteiger partial charge in [-0.05, 0) is 60.4 Å². The highest BCUT2D eigenvalue weighted by molar-refractivity contribution is 5.85. The zero-order valence-corrected chi connectivity index (χ0v) is 24.2. The van der Waals surface area contributed by atoms with Crippen molar-refractivity contribution in [2.24, 2.45) is 11.3 Å². The summed E-state index contributed by atoms with van der Waals surface area (Å²) < 4.78 is 21.5. The summed E-state index contributed by atoms with van der Waals surface area (Å²) in [7, 11) is 4.85. The van der Waals surface area contributed by atoms with Crippen LogP contribution in [-0.4, -0.2) is 69.2 Å². The van der Waals surface area contributed by atoms with E-state index in [2.05, 4.69) is 27.7 Å². The van der Waals surface area contributed by atoms with Crippen molar-refractivity contribution in [2.75, 3.05) is 47.6 Å². The smallest absolute Gasteiger partial charge is 0.242 e. The molecule has 0 radical (unpaired) electrons. The van der Waals surface area contributed by atoms with Crippen LogP contribution in [-0.2, 0) is 27.3 Å². The molecule has 0 aliphatic carbocycles. The fourth-order valence-corrected chi connectivity index (χ4v) is 4.68. The summed E-state index contributed by atoms with van der Waals surface area (Å²) in [5, 5.41) is 0. The fourth-order valence-electron chi connectivity index (χ4n) is 4.68. The first-order valence-electron chi connectivity index (χ1n) is 13.3. The lowest BCUT2D eigenvalue weighted by Gasteiger charge is -2.29. The summed E-state index contributed by atoms with van der Waals surface area (Å²) in [5.41, 5.74) is 1.16. The summed E-state index contributed by atoms with van der Waals surface area (Å²) in [6, 6.07) is 9.41. The second-order valence-corrected chi connectivity index (χ2v) is 11.1. The Bertz CT molecular complexity index is 983. The first-order valence-corrected chi connectivity index (χ1v) is 13.3. The molecule has 0 aliphatic rings. The van der Waals surface area contributed by atoms with Crippen LogP contribution in [0.5, 0.6) is 11.5 Å². The van der Waals surface area contributed by atoms with Crippen LogP contribution in [0.3, 0.4) is 0 Å². The maximum absolute atomic E-state index is 13.6. The normalized spacial score (nSPS) is 12.2. The van der Waals surface area contributed by atoms with E-state index in [0.29, 0.717) is 62.8 Å². The van der Waals surface area contributed by atoms with Gasteiger partial charge in [-0.3, -0.25) is 9.59 Å². The molecule has 8 nitrogen and oxygen atoms in total. The van der Waals surface area contributed by atoms with E-state index in [0.717, 1.165) is 12.0 Å². The molecule has 0 spiro atoms. The van der Waals surface area contributed by atoms with Gasteiger partial charge in [0, 0.05) is 33.2 Å². The molecule has 2 aromatic rings. The Morgan fingerprint density at radius 1 is 0.974 bits per heavy atom. The van der Waals surface area contributed by atoms with Gasteiger partial charge in [0.05, 0.1) is 33.6 Å². The summed E-state index contributed by atoms with van der Waals surface area (Å²) >= 11 is 0. The molecule has 0 aliphatic heterocycles. The lowest BCUT2D eigenvalue weighted by atomic mass is 9.84. The third kappa shape index (κ3) is 10.8. The maximum Gasteiger partial charge on any atom is 0.242 e. The summed E-state index contributed by atoms with van der Waals surface area (Å²) in [6.45, 7) is 10.5. The Kier molecular flexibility index (Phi) is 12.7. The molecule has 1 heterocycles. The van der Waals surface area contributed by atoms with Gasteiger partial charge < -0.3 is 28.4 Å². The molecule has 0 saturated heterocycles. The third-order valence-corrected chi connectivity index (χ3v) is 6.34. The number of hydrogen-bond donors (Lipinski definition) is 0. The summed E-state index contributed by atoms with van der Waals surface area (Å²) in [4.78, 5) is 30.3. The zero-order chi connectivity index (χ0) is 28.1. The summed E-state index contributed by atoms with van der Waals surface area (Å²) in [5.74, 6) is 2.12. The Morgan fingerprint density at radius 3 is 2.32 bits per heavy atom. The van der Waals surface area contributed by atoms with Crippen molar-refractivity contribution >= 4 is 11.8 Å². The van der Waals surface area contributed by atoms with Crippen molar-refractivity contribution in [1.29, 1.82) is 0 Å². The molecule has 0 fully saturated rings. The van der Waals surface area contributed by atoms with Gasteiger partial charge in [-0.15, -0.1) is 0 Å². The first-order chi connectivity index (χ1) is 18.1. The van der Waals surface area contributed by atoms with Crippen LogP contribution in [0.1, 0.15) is 58.3 Å². The van der Waals surface area contributed by atoms with Gasteiger partial charge in [0.15, 0.2) is 11.5 Å². The number of hydrogen-bond acceptors (Lipinski definition) is 6. The molecule has 2 rings (SSSR count). The van der Waals surface area contributed by atoms with Gasteiger partial charge >= 0.3 is 0 Å². The van der Waals surface area contributed by atoms with Gasteiger partial charge in [0.1, 0.15) is 5.76 Å². The summed E-state index contributed by atoms with van der Waals surface area (Å²) in [6.07, 6.45) is 4.25. The average molecular weight is 531 g/mol. The molecular weight excluding hydrogens is 484 g/mol. The van der Waals surface area contributed by atoms with Crippen LogP contribution >= 0.6 is 0 Å². The average Bonchev–Trinajstić information content (AvgIpc) is 3.37. The first kappa shape index (κ1) is 31.2. The Hall–Kier alpha value is -3.00. The van der Waals surface area contributed by atoms with E-state index >= 15 is 0 Å². The van der Waals surface area contributed by atoms with Crippen molar-refractivity contribution < 1.29 is 28.2 Å². The molecular formula is C30H46N2O6. The third-order valence-electron chi connectivity index (χ3n) is 6.34. The number of carbonyl (C=O) groups is 2. The second kappa shape index (κ2) is 15.4. The molecule has 0 bridgehead atoms. The molecule has 38 heavy (non-hydrogen) atoms. The van der Waals surface area contributed by atoms with E-state index in [9.17, 15) is 9.59 Å². The minimum absolute atomic E-state index is 0.00374. The van der Waals surface area contributed by atoms with E-state index in [1.807, 2.05) is 30.3 Å². The predicted octanol–water partition coefficient (Wildman–Crippen LogP) is 5.20. The van der Waals surface area contributed by atoms with Crippen LogP contribution in [0, 0.1) is 11.3 Å². The number of nitrogens with zero attached hydrogens (tertiary/aromatic N) is 2. The lowest BCUT2D eigenvalue weighted by molar-refractivity contribution is -0.141. The van der Waals surface area contributed by atoms with Gasteiger partial charge in [-0.2, -0.15) is 0 Å². The Labute approximate surface area is 228 Å². The van der Waals surface area contributed by atoms with Crippen LogP contribution in [0.15, 0.2) is 41.0 Å². The van der Waals surface area contributed by atoms with Crippen LogP contribution in [0.2, 0.25) is 0 Å². The van der Waals surface area contributed by atoms with Gasteiger partial charge in [0.25, 0.3) is 0 Å². The van der Waals surface area contributed by atoms with Crippen molar-refractivity contribution in [3.8, 4) is 11.5 Å². The highest BCUT2D eigenvalue weighted by atomic mass is 16.5. The topological polar surface area (TPSA) is 81.5 Å². The molecule has 1 aromatic carbocycles. The molecule has 1 atom stereocenters. The van der Waals surface area contributed by atoms with Crippen LogP contribution in [0.4, 0.5) is 0 Å². The SMILES string of the molecule is COCCCN(CC(=O)N(CCc1ccc(OC)c(OC)c1)Cc1ccco1)C(=O)C[C@@H](C)CC(C)(C)C. The largest absolute Gasteiger partial charge is 0.493 e. The molecule has 0 N–H and O–H groups in total. The van der Waals surface area contributed by atoms with Crippen molar-refractivity contribution in [3.63, 3.8) is 0 Å². The molecule has 0 unspecified atom stereocenters. The van der Waals surface area contributed by atoms with E-state index in [1.165, 1.54) is 0 Å². The number of methoxy groups -OCH3 is 3. The van der Waals surface area contributed by atoms with Crippen molar-refractivity contribution in [2.45, 2.75) is 59.9 Å². The van der Waals surface area contributed by atoms with Gasteiger partial charge in [-0.1, -0.05) is 33.8 Å². The minimum atomic E-state index is -0.115. The van der Waals surface area contributed by atoms with E-state index < -0.39 is 0 Å². The molecule has 8 heteroatoms. The number of ether oxygens (including phenoxy) is 3. The zero-order valence-electron chi connectivity index (χ0n) is 24.2. The minimum Gasteiger partial charge on any atom is -0.493 e. The lowest BCUT2D eigenvalue weighted by Crippen LogP contribution is -2.44. The number of rotatable bonds is 16. The quantitative estimate of drug-likeness (QED) is 0.278. The van der Waals surface area contributed by atoms with Crippen LogP contribution < -0.4 is 9.47 Å². The van der Waals surface area contributed by atoms with Crippen molar-refractivity contribution in [3.05, 3.63) is 47.9 Å². The molecule has 1 aromatic heterocycles. The predicted molar refractivity (Wildman–Crippen MR) is 148 cm³/mol. The Balaban J connectivity index is 2.15. The van der Waals surface area contributed by atoms with E-state index in [1.54, 1.807) is 37.4 Å². The fraction of sp³-hybridized carbons (Fsp3) is 0.600. The molecule has 0 saturated carbocycles. The number of carbonyl (C=O) groups excluding carboxylic acids is 2. The second-order valence-electron chi connectivity index (χ2n) is 11.1. The highest BCUT2D eigenvalue weighted by Crippen LogP contribution is 2.28. The molecule has 2 amide bonds. The number of amides is 2. The van der Waals surface area contributed by atoms with Gasteiger partial charge in [-0.25, -0.2) is 0 Å². The van der Waals surface area contributed by atoms with Crippen molar-refractivity contribution in [1.82, 2.24) is 9.80 Å².